The third kappa shape index (κ3) is 4.07. The van der Waals surface area contributed by atoms with Crippen LogP contribution in [0.1, 0.15) is 24.1 Å². The van der Waals surface area contributed by atoms with E-state index in [1.165, 1.54) is 18.4 Å². The number of fused-ring (bicyclic) bond motifs is 1. The highest BCUT2D eigenvalue weighted by atomic mass is 32.1. The van der Waals surface area contributed by atoms with Gasteiger partial charge in [-0.25, -0.2) is 9.79 Å². The van der Waals surface area contributed by atoms with Crippen LogP contribution < -0.4 is 19.6 Å². The van der Waals surface area contributed by atoms with Gasteiger partial charge in [0.15, 0.2) is 4.80 Å². The second kappa shape index (κ2) is 9.20. The van der Waals surface area contributed by atoms with E-state index in [1.54, 1.807) is 17.6 Å². The number of esters is 1. The molecule has 0 radical (unpaired) electrons. The molecule has 1 aromatic heterocycles. The number of carbonyl (C=O) groups excluding carboxylic acids is 1. The molecule has 3 aromatic rings. The number of ether oxygens (including phenoxy) is 2. The Balaban J connectivity index is 1.84. The first-order valence-corrected chi connectivity index (χ1v) is 10.8. The van der Waals surface area contributed by atoms with E-state index in [0.29, 0.717) is 27.2 Å². The Morgan fingerprint density at radius 1 is 1.19 bits per heavy atom. The lowest BCUT2D eigenvalue weighted by atomic mass is 9.96. The molecule has 32 heavy (non-hydrogen) atoms. The largest absolute Gasteiger partial charge is 0.490 e. The number of hydrogen-bond donors (Lipinski definition) is 0. The van der Waals surface area contributed by atoms with Crippen LogP contribution in [0, 0.1) is 0 Å². The van der Waals surface area contributed by atoms with Gasteiger partial charge in [-0.2, -0.15) is 0 Å². The van der Waals surface area contributed by atoms with E-state index < -0.39 is 12.0 Å². The normalized spacial score (nSPS) is 15.7. The van der Waals surface area contributed by atoms with Crippen molar-refractivity contribution in [1.82, 2.24) is 4.57 Å². The average molecular weight is 447 g/mol. The molecule has 0 saturated carbocycles. The van der Waals surface area contributed by atoms with Gasteiger partial charge in [0.05, 0.1) is 29.0 Å². The van der Waals surface area contributed by atoms with E-state index in [4.69, 9.17) is 9.47 Å². The molecule has 1 aliphatic rings. The van der Waals surface area contributed by atoms with Crippen molar-refractivity contribution >= 4 is 23.4 Å². The molecule has 0 N–H and O–H groups in total. The van der Waals surface area contributed by atoms with E-state index in [2.05, 4.69) is 11.6 Å². The molecular weight excluding hydrogens is 424 g/mol. The van der Waals surface area contributed by atoms with Gasteiger partial charge in [-0.1, -0.05) is 66.5 Å². The van der Waals surface area contributed by atoms with Gasteiger partial charge < -0.3 is 9.47 Å². The number of hydrogen-bond acceptors (Lipinski definition) is 6. The lowest BCUT2D eigenvalue weighted by Crippen LogP contribution is -2.39. The smallest absolute Gasteiger partial charge is 0.338 e. The lowest BCUT2D eigenvalue weighted by molar-refractivity contribution is -0.136. The van der Waals surface area contributed by atoms with Crippen LogP contribution in [-0.4, -0.2) is 24.3 Å². The van der Waals surface area contributed by atoms with Crippen LogP contribution in [0.2, 0.25) is 0 Å². The zero-order valence-electron chi connectivity index (χ0n) is 17.8. The van der Waals surface area contributed by atoms with E-state index in [-0.39, 0.29) is 5.56 Å². The van der Waals surface area contributed by atoms with Crippen LogP contribution in [0.4, 0.5) is 0 Å². The number of benzene rings is 2. The minimum absolute atomic E-state index is 0.205. The first-order chi connectivity index (χ1) is 15.5. The molecule has 1 atom stereocenters. The highest BCUT2D eigenvalue weighted by Crippen LogP contribution is 2.30. The summed E-state index contributed by atoms with van der Waals surface area (Å²) in [6.07, 6.45) is 3.50. The summed E-state index contributed by atoms with van der Waals surface area (Å²) in [6, 6.07) is 16.3. The van der Waals surface area contributed by atoms with Crippen molar-refractivity contribution in [2.24, 2.45) is 4.99 Å². The Morgan fingerprint density at radius 3 is 2.56 bits per heavy atom. The molecule has 162 valence electrons. The van der Waals surface area contributed by atoms with Crippen molar-refractivity contribution < 1.29 is 14.3 Å². The fourth-order valence-electron chi connectivity index (χ4n) is 3.61. The van der Waals surface area contributed by atoms with Gasteiger partial charge in [-0.15, -0.1) is 0 Å². The number of nitrogens with zero attached hydrogens (tertiary/aromatic N) is 2. The van der Waals surface area contributed by atoms with E-state index in [0.717, 1.165) is 16.9 Å². The molecule has 0 saturated heterocycles. The van der Waals surface area contributed by atoms with Gasteiger partial charge in [0.1, 0.15) is 12.4 Å². The number of thiazole rings is 1. The van der Waals surface area contributed by atoms with Crippen LogP contribution in [0.15, 0.2) is 88.3 Å². The molecule has 0 unspecified atom stereocenters. The van der Waals surface area contributed by atoms with Crippen molar-refractivity contribution in [3.8, 4) is 5.75 Å². The number of allylic oxidation sites excluding steroid dienone is 1. The van der Waals surface area contributed by atoms with Gasteiger partial charge in [0.2, 0.25) is 0 Å². The van der Waals surface area contributed by atoms with Crippen LogP contribution in [0.3, 0.4) is 0 Å². The molecule has 2 heterocycles. The Kier molecular flexibility index (Phi) is 6.18. The molecule has 2 aromatic carbocycles. The van der Waals surface area contributed by atoms with Gasteiger partial charge >= 0.3 is 5.97 Å². The van der Waals surface area contributed by atoms with Crippen molar-refractivity contribution in [3.05, 3.63) is 109 Å². The first kappa shape index (κ1) is 21.5. The Bertz CT molecular complexity index is 1370. The summed E-state index contributed by atoms with van der Waals surface area (Å²) >= 11 is 1.30. The highest BCUT2D eigenvalue weighted by Gasteiger charge is 2.32. The van der Waals surface area contributed by atoms with E-state index >= 15 is 0 Å². The fraction of sp³-hybridized carbons (Fsp3) is 0.160. The SMILES string of the molecule is C=CCOc1ccc(/C=c2\sc3n(c2=O)[C@H](c2ccccc2)C(C(=O)OC)=C(C)N=3)cc1. The number of rotatable bonds is 6. The molecule has 4 rings (SSSR count). The molecule has 0 aliphatic carbocycles. The number of carbonyl (C=O) groups is 1. The van der Waals surface area contributed by atoms with Gasteiger partial charge in [-0.3, -0.25) is 9.36 Å². The van der Waals surface area contributed by atoms with Crippen molar-refractivity contribution in [1.29, 1.82) is 0 Å². The Hall–Kier alpha value is -3.71. The minimum Gasteiger partial charge on any atom is -0.490 e. The Morgan fingerprint density at radius 2 is 1.91 bits per heavy atom. The second-order valence-corrected chi connectivity index (χ2v) is 8.16. The number of methoxy groups -OCH3 is 1. The maximum atomic E-state index is 13.4. The van der Waals surface area contributed by atoms with Crippen molar-refractivity contribution in [2.75, 3.05) is 13.7 Å². The van der Waals surface area contributed by atoms with E-state index in [9.17, 15) is 9.59 Å². The predicted octanol–water partition coefficient (Wildman–Crippen LogP) is 2.97. The van der Waals surface area contributed by atoms with Gasteiger partial charge in [-0.05, 0) is 36.3 Å². The van der Waals surface area contributed by atoms with Crippen LogP contribution >= 0.6 is 11.3 Å². The zero-order valence-corrected chi connectivity index (χ0v) is 18.6. The standard InChI is InChI=1S/C25H22N2O4S/c1-4-14-31-19-12-10-17(11-13-19)15-20-23(28)27-22(18-8-6-5-7-9-18)21(24(29)30-3)16(2)26-25(27)32-20/h4-13,15,22H,1,14H2,2-3H3/b20-15-/t22-/m1/s1. The molecule has 0 spiro atoms. The third-order valence-electron chi connectivity index (χ3n) is 5.09. The maximum Gasteiger partial charge on any atom is 0.338 e. The quantitative estimate of drug-likeness (QED) is 0.431. The average Bonchev–Trinajstić information content (AvgIpc) is 3.12. The van der Waals surface area contributed by atoms with Gasteiger partial charge in [0, 0.05) is 0 Å². The summed E-state index contributed by atoms with van der Waals surface area (Å²) in [7, 11) is 1.33. The predicted molar refractivity (Wildman–Crippen MR) is 124 cm³/mol. The second-order valence-electron chi connectivity index (χ2n) is 7.15. The van der Waals surface area contributed by atoms with Crippen LogP contribution in [0.5, 0.6) is 5.75 Å². The highest BCUT2D eigenvalue weighted by molar-refractivity contribution is 7.07. The lowest BCUT2D eigenvalue weighted by Gasteiger charge is -2.24. The van der Waals surface area contributed by atoms with Crippen LogP contribution in [-0.2, 0) is 9.53 Å². The fourth-order valence-corrected chi connectivity index (χ4v) is 4.66. The summed E-state index contributed by atoms with van der Waals surface area (Å²) in [5.74, 6) is 0.232. The topological polar surface area (TPSA) is 69.9 Å². The molecule has 0 bridgehead atoms. The van der Waals surface area contributed by atoms with Crippen molar-refractivity contribution in [3.63, 3.8) is 0 Å². The molecule has 1 aliphatic heterocycles. The van der Waals surface area contributed by atoms with Crippen molar-refractivity contribution in [2.45, 2.75) is 13.0 Å². The Labute approximate surface area is 189 Å². The summed E-state index contributed by atoms with van der Waals surface area (Å²) in [5, 5.41) is 0. The van der Waals surface area contributed by atoms with Gasteiger partial charge in [0.25, 0.3) is 5.56 Å². The summed E-state index contributed by atoms with van der Waals surface area (Å²) in [5.41, 5.74) is 2.38. The molecule has 6 nitrogen and oxygen atoms in total. The number of aromatic nitrogens is 1. The summed E-state index contributed by atoms with van der Waals surface area (Å²) < 4.78 is 12.6. The molecular formula is C25H22N2O4S. The first-order valence-electron chi connectivity index (χ1n) is 10.0. The third-order valence-corrected chi connectivity index (χ3v) is 6.07. The summed E-state index contributed by atoms with van der Waals surface area (Å²) in [4.78, 5) is 31.2. The molecule has 0 fully saturated rings. The maximum absolute atomic E-state index is 13.4. The molecule has 0 amide bonds. The monoisotopic (exact) mass is 446 g/mol. The van der Waals surface area contributed by atoms with Crippen LogP contribution in [0.25, 0.3) is 6.08 Å². The minimum atomic E-state index is -0.600. The molecule has 7 heteroatoms. The summed E-state index contributed by atoms with van der Waals surface area (Å²) in [6.45, 7) is 5.83. The van der Waals surface area contributed by atoms with E-state index in [1.807, 2.05) is 60.7 Å². The zero-order chi connectivity index (χ0) is 22.7.